The van der Waals surface area contributed by atoms with Gasteiger partial charge in [0, 0.05) is 5.69 Å². The summed E-state index contributed by atoms with van der Waals surface area (Å²) in [5.41, 5.74) is 6.98. The van der Waals surface area contributed by atoms with Crippen molar-refractivity contribution in [3.8, 4) is 5.69 Å². The van der Waals surface area contributed by atoms with Crippen molar-refractivity contribution in [1.82, 2.24) is 15.0 Å². The normalized spacial score (nSPS) is 12.1. The number of benzene rings is 1. The van der Waals surface area contributed by atoms with Gasteiger partial charge in [-0.2, -0.15) is 15.0 Å². The topological polar surface area (TPSA) is 85.8 Å². The maximum absolute atomic E-state index is 11.4. The zero-order valence-corrected chi connectivity index (χ0v) is 9.37. The van der Waals surface area contributed by atoms with Crippen LogP contribution < -0.4 is 11.1 Å². The fourth-order valence-electron chi connectivity index (χ4n) is 1.28. The number of nitrogens with zero attached hydrogens (tertiary/aromatic N) is 3. The van der Waals surface area contributed by atoms with Crippen LogP contribution in [-0.4, -0.2) is 26.9 Å². The lowest BCUT2D eigenvalue weighted by Gasteiger charge is -2.08. The molecule has 0 aliphatic rings. The highest BCUT2D eigenvalue weighted by atomic mass is 16.2. The highest BCUT2D eigenvalue weighted by Gasteiger charge is 2.07. The molecule has 3 N–H and O–H groups in total. The van der Waals surface area contributed by atoms with Crippen molar-refractivity contribution in [3.05, 3.63) is 36.7 Å². The molecular weight excluding hydrogens is 218 g/mol. The van der Waals surface area contributed by atoms with E-state index in [-0.39, 0.29) is 5.91 Å². The molecule has 0 saturated heterocycles. The molecule has 2 aromatic rings. The van der Waals surface area contributed by atoms with Gasteiger partial charge < -0.3 is 11.1 Å². The molecule has 88 valence electrons. The zero-order valence-electron chi connectivity index (χ0n) is 9.37. The van der Waals surface area contributed by atoms with Gasteiger partial charge in [0.15, 0.2) is 0 Å². The van der Waals surface area contributed by atoms with Gasteiger partial charge in [0.25, 0.3) is 0 Å². The van der Waals surface area contributed by atoms with Crippen LogP contribution >= 0.6 is 0 Å². The fraction of sp³-hybridized carbons (Fsp3) is 0.182. The number of nitrogens with one attached hydrogen (secondary N) is 1. The predicted molar refractivity (Wildman–Crippen MR) is 63.6 cm³/mol. The van der Waals surface area contributed by atoms with Gasteiger partial charge in [-0.25, -0.2) is 0 Å². The lowest BCUT2D eigenvalue weighted by Crippen LogP contribution is -2.32. The largest absolute Gasteiger partial charge is 0.325 e. The molecule has 6 nitrogen and oxygen atoms in total. The lowest BCUT2D eigenvalue weighted by atomic mass is 10.2. The third kappa shape index (κ3) is 2.67. The summed E-state index contributed by atoms with van der Waals surface area (Å²) >= 11 is 0. The van der Waals surface area contributed by atoms with Crippen molar-refractivity contribution in [2.24, 2.45) is 5.73 Å². The molecule has 1 heterocycles. The number of carbonyl (C=O) groups is 1. The quantitative estimate of drug-likeness (QED) is 0.807. The first-order valence-electron chi connectivity index (χ1n) is 5.20. The van der Waals surface area contributed by atoms with Crippen LogP contribution in [0.25, 0.3) is 5.69 Å². The second kappa shape index (κ2) is 4.75. The van der Waals surface area contributed by atoms with Crippen LogP contribution in [0.4, 0.5) is 5.69 Å². The number of anilines is 1. The van der Waals surface area contributed by atoms with Gasteiger partial charge in [-0.3, -0.25) is 4.79 Å². The standard InChI is InChI=1S/C11H13N5O/c1-8(12)11(17)15-9-2-4-10(5-3-9)16-13-6-7-14-16/h2-8H,12H2,1H3,(H,15,17)/t8-/m0/s1. The highest BCUT2D eigenvalue weighted by Crippen LogP contribution is 2.11. The van der Waals surface area contributed by atoms with E-state index in [1.54, 1.807) is 31.5 Å². The Bertz CT molecular complexity index is 489. The van der Waals surface area contributed by atoms with Crippen LogP contribution in [0.15, 0.2) is 36.7 Å². The number of amides is 1. The van der Waals surface area contributed by atoms with Crippen molar-refractivity contribution in [3.63, 3.8) is 0 Å². The minimum atomic E-state index is -0.526. The molecule has 1 atom stereocenters. The van der Waals surface area contributed by atoms with E-state index in [0.29, 0.717) is 5.69 Å². The smallest absolute Gasteiger partial charge is 0.240 e. The SMILES string of the molecule is C[C@H](N)C(=O)Nc1ccc(-n2nccn2)cc1. The van der Waals surface area contributed by atoms with Crippen molar-refractivity contribution in [2.75, 3.05) is 5.32 Å². The molecule has 6 heteroatoms. The van der Waals surface area contributed by atoms with E-state index in [2.05, 4.69) is 15.5 Å². The molecule has 1 aromatic heterocycles. The summed E-state index contributed by atoms with van der Waals surface area (Å²) in [4.78, 5) is 12.9. The molecule has 0 aliphatic heterocycles. The van der Waals surface area contributed by atoms with E-state index in [1.807, 2.05) is 12.1 Å². The molecule has 0 saturated carbocycles. The summed E-state index contributed by atoms with van der Waals surface area (Å²) in [5.74, 6) is -0.213. The molecule has 17 heavy (non-hydrogen) atoms. The molecule has 1 aromatic carbocycles. The Labute approximate surface area is 98.4 Å². The lowest BCUT2D eigenvalue weighted by molar-refractivity contribution is -0.117. The molecule has 0 bridgehead atoms. The third-order valence-electron chi connectivity index (χ3n) is 2.20. The van der Waals surface area contributed by atoms with Crippen molar-refractivity contribution in [1.29, 1.82) is 0 Å². The van der Waals surface area contributed by atoms with Gasteiger partial charge >= 0.3 is 0 Å². The predicted octanol–water partition coefficient (Wildman–Crippen LogP) is 0.553. The van der Waals surface area contributed by atoms with Crippen LogP contribution in [0.5, 0.6) is 0 Å². The van der Waals surface area contributed by atoms with Crippen LogP contribution in [0.2, 0.25) is 0 Å². The van der Waals surface area contributed by atoms with E-state index in [9.17, 15) is 4.79 Å². The second-order valence-corrected chi connectivity index (χ2v) is 3.64. The van der Waals surface area contributed by atoms with Gasteiger partial charge in [-0.1, -0.05) is 0 Å². The van der Waals surface area contributed by atoms with E-state index in [1.165, 1.54) is 4.80 Å². The maximum Gasteiger partial charge on any atom is 0.240 e. The Balaban J connectivity index is 2.11. The molecule has 1 amide bonds. The number of rotatable bonds is 3. The fourth-order valence-corrected chi connectivity index (χ4v) is 1.28. The number of carbonyl (C=O) groups excluding carboxylic acids is 1. The summed E-state index contributed by atoms with van der Waals surface area (Å²) in [6.45, 7) is 1.64. The molecule has 0 aliphatic carbocycles. The summed E-state index contributed by atoms with van der Waals surface area (Å²) in [7, 11) is 0. The van der Waals surface area contributed by atoms with Gasteiger partial charge in [-0.15, -0.1) is 0 Å². The van der Waals surface area contributed by atoms with E-state index in [0.717, 1.165) is 5.69 Å². The maximum atomic E-state index is 11.4. The molecule has 0 unspecified atom stereocenters. The number of hydrogen-bond acceptors (Lipinski definition) is 4. The Morgan fingerprint density at radius 1 is 1.29 bits per heavy atom. The zero-order chi connectivity index (χ0) is 12.3. The molecule has 2 rings (SSSR count). The number of nitrogens with two attached hydrogens (primary N) is 1. The van der Waals surface area contributed by atoms with Crippen molar-refractivity contribution < 1.29 is 4.79 Å². The van der Waals surface area contributed by atoms with Gasteiger partial charge in [0.2, 0.25) is 5.91 Å². The Hall–Kier alpha value is -2.21. The Kier molecular flexibility index (Phi) is 3.15. The minimum Gasteiger partial charge on any atom is -0.325 e. The first-order valence-corrected chi connectivity index (χ1v) is 5.20. The van der Waals surface area contributed by atoms with Crippen LogP contribution in [0.3, 0.4) is 0 Å². The Morgan fingerprint density at radius 2 is 1.88 bits per heavy atom. The van der Waals surface area contributed by atoms with Crippen LogP contribution in [0.1, 0.15) is 6.92 Å². The van der Waals surface area contributed by atoms with E-state index in [4.69, 9.17) is 5.73 Å². The molecular formula is C11H13N5O. The number of aromatic nitrogens is 3. The molecule has 0 radical (unpaired) electrons. The van der Waals surface area contributed by atoms with Crippen LogP contribution in [0, 0.1) is 0 Å². The van der Waals surface area contributed by atoms with E-state index >= 15 is 0 Å². The third-order valence-corrected chi connectivity index (χ3v) is 2.20. The summed E-state index contributed by atoms with van der Waals surface area (Å²) in [6.07, 6.45) is 3.21. The highest BCUT2D eigenvalue weighted by molar-refractivity contribution is 5.94. The monoisotopic (exact) mass is 231 g/mol. The summed E-state index contributed by atoms with van der Waals surface area (Å²) in [6, 6.07) is 6.66. The summed E-state index contributed by atoms with van der Waals surface area (Å²) in [5, 5.41) is 10.7. The van der Waals surface area contributed by atoms with Gasteiger partial charge in [0.05, 0.1) is 24.1 Å². The second-order valence-electron chi connectivity index (χ2n) is 3.64. The van der Waals surface area contributed by atoms with Crippen molar-refractivity contribution >= 4 is 11.6 Å². The first kappa shape index (κ1) is 11.3. The Morgan fingerprint density at radius 3 is 2.41 bits per heavy atom. The van der Waals surface area contributed by atoms with Crippen molar-refractivity contribution in [2.45, 2.75) is 13.0 Å². The average Bonchev–Trinajstić information content (AvgIpc) is 2.83. The van der Waals surface area contributed by atoms with E-state index < -0.39 is 6.04 Å². The van der Waals surface area contributed by atoms with Gasteiger partial charge in [-0.05, 0) is 31.2 Å². The average molecular weight is 231 g/mol. The number of hydrogen-bond donors (Lipinski definition) is 2. The first-order chi connectivity index (χ1) is 8.16. The minimum absolute atomic E-state index is 0.213. The molecule has 0 spiro atoms. The molecule has 0 fully saturated rings. The van der Waals surface area contributed by atoms with Crippen LogP contribution in [-0.2, 0) is 4.79 Å². The van der Waals surface area contributed by atoms with Gasteiger partial charge in [0.1, 0.15) is 0 Å². The summed E-state index contributed by atoms with van der Waals surface area (Å²) < 4.78 is 0.